The minimum atomic E-state index is 0.0445. The highest BCUT2D eigenvalue weighted by Gasteiger charge is 2.10. The Bertz CT molecular complexity index is 266. The highest BCUT2D eigenvalue weighted by Crippen LogP contribution is 2.12. The maximum atomic E-state index is 5.29. The SMILES string of the molecule is COCCONC(COC)c1ccccc1. The Morgan fingerprint density at radius 3 is 2.44 bits per heavy atom. The third kappa shape index (κ3) is 4.72. The van der Waals surface area contributed by atoms with Crippen molar-refractivity contribution in [3.05, 3.63) is 35.9 Å². The Labute approximate surface area is 96.5 Å². The molecule has 0 saturated heterocycles. The van der Waals surface area contributed by atoms with E-state index in [0.717, 1.165) is 5.56 Å². The lowest BCUT2D eigenvalue weighted by Crippen LogP contribution is -2.26. The van der Waals surface area contributed by atoms with Gasteiger partial charge in [0.05, 0.1) is 25.9 Å². The molecule has 0 aliphatic heterocycles. The van der Waals surface area contributed by atoms with Crippen molar-refractivity contribution in [1.29, 1.82) is 0 Å². The molecule has 0 aromatic heterocycles. The smallest absolute Gasteiger partial charge is 0.0916 e. The standard InChI is InChI=1S/C12H19NO3/c1-14-8-9-16-13-12(10-15-2)11-6-4-3-5-7-11/h3-7,12-13H,8-10H2,1-2H3. The number of hydroxylamine groups is 1. The van der Waals surface area contributed by atoms with Gasteiger partial charge in [-0.15, -0.1) is 0 Å². The second-order valence-corrected chi connectivity index (χ2v) is 3.38. The molecule has 0 radical (unpaired) electrons. The zero-order valence-corrected chi connectivity index (χ0v) is 9.81. The van der Waals surface area contributed by atoms with E-state index < -0.39 is 0 Å². The van der Waals surface area contributed by atoms with Crippen LogP contribution in [0.5, 0.6) is 0 Å². The van der Waals surface area contributed by atoms with Gasteiger partial charge in [-0.1, -0.05) is 30.3 Å². The van der Waals surface area contributed by atoms with Gasteiger partial charge in [0.15, 0.2) is 0 Å². The summed E-state index contributed by atoms with van der Waals surface area (Å²) in [6.45, 7) is 1.65. The van der Waals surface area contributed by atoms with Crippen molar-refractivity contribution < 1.29 is 14.3 Å². The maximum absolute atomic E-state index is 5.29. The number of hydrogen-bond acceptors (Lipinski definition) is 4. The fourth-order valence-electron chi connectivity index (χ4n) is 1.33. The third-order valence-electron chi connectivity index (χ3n) is 2.15. The molecule has 1 atom stereocenters. The van der Waals surface area contributed by atoms with E-state index in [1.807, 2.05) is 30.3 Å². The van der Waals surface area contributed by atoms with Crippen LogP contribution in [-0.2, 0) is 14.3 Å². The van der Waals surface area contributed by atoms with Gasteiger partial charge in [0.1, 0.15) is 0 Å². The van der Waals surface area contributed by atoms with Crippen LogP contribution in [0.2, 0.25) is 0 Å². The zero-order chi connectivity index (χ0) is 11.6. The minimum Gasteiger partial charge on any atom is -0.383 e. The quantitative estimate of drug-likeness (QED) is 0.538. The van der Waals surface area contributed by atoms with Crippen LogP contribution in [0.1, 0.15) is 11.6 Å². The van der Waals surface area contributed by atoms with Gasteiger partial charge >= 0.3 is 0 Å². The summed E-state index contributed by atoms with van der Waals surface area (Å²) in [5.41, 5.74) is 4.11. The third-order valence-corrected chi connectivity index (χ3v) is 2.15. The van der Waals surface area contributed by atoms with Crippen LogP contribution in [0.3, 0.4) is 0 Å². The van der Waals surface area contributed by atoms with Gasteiger partial charge in [0.25, 0.3) is 0 Å². The van der Waals surface area contributed by atoms with Gasteiger partial charge in [0.2, 0.25) is 0 Å². The molecule has 1 aromatic rings. The van der Waals surface area contributed by atoms with Crippen LogP contribution in [0.15, 0.2) is 30.3 Å². The van der Waals surface area contributed by atoms with E-state index in [0.29, 0.717) is 19.8 Å². The van der Waals surface area contributed by atoms with Crippen molar-refractivity contribution >= 4 is 0 Å². The number of nitrogens with one attached hydrogen (secondary N) is 1. The Kier molecular flexibility index (Phi) is 6.76. The Morgan fingerprint density at radius 1 is 1.06 bits per heavy atom. The highest BCUT2D eigenvalue weighted by atomic mass is 16.7. The van der Waals surface area contributed by atoms with Crippen LogP contribution in [0, 0.1) is 0 Å². The fourth-order valence-corrected chi connectivity index (χ4v) is 1.33. The molecule has 1 N–H and O–H groups in total. The number of methoxy groups -OCH3 is 2. The van der Waals surface area contributed by atoms with Gasteiger partial charge in [0, 0.05) is 14.2 Å². The number of benzene rings is 1. The Hall–Kier alpha value is -0.940. The lowest BCUT2D eigenvalue weighted by Gasteiger charge is -2.17. The molecule has 1 aromatic carbocycles. The fraction of sp³-hybridized carbons (Fsp3) is 0.500. The first-order valence-corrected chi connectivity index (χ1v) is 5.28. The van der Waals surface area contributed by atoms with Crippen LogP contribution in [0.4, 0.5) is 0 Å². The average molecular weight is 225 g/mol. The molecule has 4 nitrogen and oxygen atoms in total. The first kappa shape index (κ1) is 13.1. The largest absolute Gasteiger partial charge is 0.383 e. The van der Waals surface area contributed by atoms with Crippen molar-refractivity contribution in [3.8, 4) is 0 Å². The number of hydrogen-bond donors (Lipinski definition) is 1. The molecule has 0 heterocycles. The van der Waals surface area contributed by atoms with Crippen molar-refractivity contribution in [2.75, 3.05) is 34.0 Å². The number of ether oxygens (including phenoxy) is 2. The van der Waals surface area contributed by atoms with Crippen LogP contribution >= 0.6 is 0 Å². The summed E-state index contributed by atoms with van der Waals surface area (Å²) in [6, 6.07) is 10.1. The lowest BCUT2D eigenvalue weighted by molar-refractivity contribution is -0.0269. The first-order chi connectivity index (χ1) is 7.88. The van der Waals surface area contributed by atoms with Crippen molar-refractivity contribution in [2.24, 2.45) is 0 Å². The monoisotopic (exact) mass is 225 g/mol. The molecule has 4 heteroatoms. The van der Waals surface area contributed by atoms with E-state index in [1.165, 1.54) is 0 Å². The summed E-state index contributed by atoms with van der Waals surface area (Å²) >= 11 is 0. The second-order valence-electron chi connectivity index (χ2n) is 3.38. The maximum Gasteiger partial charge on any atom is 0.0916 e. The predicted octanol–water partition coefficient (Wildman–Crippen LogP) is 1.54. The van der Waals surface area contributed by atoms with E-state index in [1.54, 1.807) is 14.2 Å². The van der Waals surface area contributed by atoms with Crippen molar-refractivity contribution in [2.45, 2.75) is 6.04 Å². The van der Waals surface area contributed by atoms with Crippen LogP contribution < -0.4 is 5.48 Å². The normalized spacial score (nSPS) is 12.6. The van der Waals surface area contributed by atoms with E-state index in [-0.39, 0.29) is 6.04 Å². The van der Waals surface area contributed by atoms with Gasteiger partial charge in [-0.2, -0.15) is 5.48 Å². The van der Waals surface area contributed by atoms with E-state index in [4.69, 9.17) is 14.3 Å². The molecule has 0 spiro atoms. The van der Waals surface area contributed by atoms with Gasteiger partial charge in [-0.3, -0.25) is 4.84 Å². The molecule has 0 aliphatic rings. The zero-order valence-electron chi connectivity index (χ0n) is 9.81. The average Bonchev–Trinajstić information content (AvgIpc) is 2.34. The first-order valence-electron chi connectivity index (χ1n) is 5.28. The van der Waals surface area contributed by atoms with Gasteiger partial charge in [-0.25, -0.2) is 0 Å². The summed E-state index contributed by atoms with van der Waals surface area (Å²) in [5, 5.41) is 0. The molecule has 1 rings (SSSR count). The minimum absolute atomic E-state index is 0.0445. The predicted molar refractivity (Wildman–Crippen MR) is 62.0 cm³/mol. The summed E-state index contributed by atoms with van der Waals surface area (Å²) in [7, 11) is 3.32. The van der Waals surface area contributed by atoms with E-state index in [2.05, 4.69) is 5.48 Å². The van der Waals surface area contributed by atoms with Gasteiger partial charge < -0.3 is 9.47 Å². The topological polar surface area (TPSA) is 39.7 Å². The Morgan fingerprint density at radius 2 is 1.81 bits per heavy atom. The number of rotatable bonds is 8. The molecule has 0 fully saturated rings. The molecule has 0 bridgehead atoms. The van der Waals surface area contributed by atoms with E-state index in [9.17, 15) is 0 Å². The van der Waals surface area contributed by atoms with E-state index >= 15 is 0 Å². The molecule has 0 aliphatic carbocycles. The summed E-state index contributed by atoms with van der Waals surface area (Å²) in [6.07, 6.45) is 0. The molecular weight excluding hydrogens is 206 g/mol. The lowest BCUT2D eigenvalue weighted by atomic mass is 10.1. The summed E-state index contributed by atoms with van der Waals surface area (Å²) < 4.78 is 10.0. The molecule has 0 amide bonds. The van der Waals surface area contributed by atoms with Crippen molar-refractivity contribution in [1.82, 2.24) is 5.48 Å². The molecule has 16 heavy (non-hydrogen) atoms. The van der Waals surface area contributed by atoms with Crippen LogP contribution in [0.25, 0.3) is 0 Å². The highest BCUT2D eigenvalue weighted by molar-refractivity contribution is 5.18. The second kappa shape index (κ2) is 8.24. The molecule has 0 saturated carbocycles. The summed E-state index contributed by atoms with van der Waals surface area (Å²) in [4.78, 5) is 5.29. The van der Waals surface area contributed by atoms with Crippen molar-refractivity contribution in [3.63, 3.8) is 0 Å². The van der Waals surface area contributed by atoms with Gasteiger partial charge in [-0.05, 0) is 5.56 Å². The Balaban J connectivity index is 2.41. The molecular formula is C12H19NO3. The molecule has 1 unspecified atom stereocenters. The summed E-state index contributed by atoms with van der Waals surface area (Å²) in [5.74, 6) is 0. The van der Waals surface area contributed by atoms with Crippen LogP contribution in [-0.4, -0.2) is 34.0 Å². The molecule has 90 valence electrons.